The second-order valence-electron chi connectivity index (χ2n) is 4.22. The van der Waals surface area contributed by atoms with Crippen LogP contribution in [-0.4, -0.2) is 11.6 Å². The van der Waals surface area contributed by atoms with Gasteiger partial charge in [-0.1, -0.05) is 32.1 Å². The zero-order valence-corrected chi connectivity index (χ0v) is 9.59. The minimum Gasteiger partial charge on any atom is -0.456 e. The van der Waals surface area contributed by atoms with Gasteiger partial charge in [0.15, 0.2) is 0 Å². The molecule has 0 aromatic carbocycles. The van der Waals surface area contributed by atoms with Crippen LogP contribution in [0.25, 0.3) is 0 Å². The highest BCUT2D eigenvalue weighted by Gasteiger charge is 2.16. The fourth-order valence-corrected chi connectivity index (χ4v) is 0.804. The van der Waals surface area contributed by atoms with Crippen LogP contribution in [-0.2, 0) is 9.53 Å². The first-order chi connectivity index (χ1) is 6.37. The standard InChI is InChI=1S/C12H20O2/c1-6-7-8-9-10(2)11(13)14-12(3,4)5/h8-9H,2,6-7H2,1,3-5H3. The fourth-order valence-electron chi connectivity index (χ4n) is 0.804. The van der Waals surface area contributed by atoms with Crippen LogP contribution >= 0.6 is 0 Å². The Morgan fingerprint density at radius 3 is 2.43 bits per heavy atom. The van der Waals surface area contributed by atoms with Gasteiger partial charge in [0.1, 0.15) is 5.60 Å². The van der Waals surface area contributed by atoms with E-state index in [1.165, 1.54) is 0 Å². The molecule has 0 rings (SSSR count). The lowest BCUT2D eigenvalue weighted by atomic mass is 10.2. The second kappa shape index (κ2) is 5.63. The normalized spacial score (nSPS) is 11.7. The van der Waals surface area contributed by atoms with Crippen LogP contribution in [0.15, 0.2) is 24.3 Å². The molecule has 0 heterocycles. The average molecular weight is 196 g/mol. The van der Waals surface area contributed by atoms with Gasteiger partial charge in [-0.2, -0.15) is 0 Å². The third kappa shape index (κ3) is 6.46. The number of esters is 1. The molecule has 0 aromatic heterocycles. The van der Waals surface area contributed by atoms with E-state index in [0.29, 0.717) is 5.57 Å². The molecule has 0 aliphatic rings. The van der Waals surface area contributed by atoms with Crippen LogP contribution in [0, 0.1) is 0 Å². The van der Waals surface area contributed by atoms with Crippen LogP contribution in [0.5, 0.6) is 0 Å². The predicted molar refractivity (Wildman–Crippen MR) is 59.0 cm³/mol. The minimum atomic E-state index is -0.446. The van der Waals surface area contributed by atoms with Gasteiger partial charge in [0.05, 0.1) is 5.57 Å². The molecule has 80 valence electrons. The van der Waals surface area contributed by atoms with Gasteiger partial charge < -0.3 is 4.74 Å². The predicted octanol–water partition coefficient (Wildman–Crippen LogP) is 3.24. The van der Waals surface area contributed by atoms with Crippen molar-refractivity contribution in [1.82, 2.24) is 0 Å². The van der Waals surface area contributed by atoms with E-state index >= 15 is 0 Å². The maximum absolute atomic E-state index is 11.4. The highest BCUT2D eigenvalue weighted by molar-refractivity contribution is 5.91. The molecule has 0 aliphatic heterocycles. The summed E-state index contributed by atoms with van der Waals surface area (Å²) in [6, 6.07) is 0. The van der Waals surface area contributed by atoms with Crippen molar-refractivity contribution in [3.63, 3.8) is 0 Å². The summed E-state index contributed by atoms with van der Waals surface area (Å²) in [7, 11) is 0. The van der Waals surface area contributed by atoms with E-state index in [1.54, 1.807) is 6.08 Å². The summed E-state index contributed by atoms with van der Waals surface area (Å²) in [5, 5.41) is 0. The molecule has 0 aliphatic carbocycles. The third-order valence-corrected chi connectivity index (χ3v) is 1.44. The van der Waals surface area contributed by atoms with Crippen LogP contribution in [0.3, 0.4) is 0 Å². The van der Waals surface area contributed by atoms with Crippen LogP contribution in [0.4, 0.5) is 0 Å². The van der Waals surface area contributed by atoms with Crippen molar-refractivity contribution in [1.29, 1.82) is 0 Å². The van der Waals surface area contributed by atoms with E-state index in [0.717, 1.165) is 12.8 Å². The van der Waals surface area contributed by atoms with Gasteiger partial charge in [0.25, 0.3) is 0 Å². The number of carbonyl (C=O) groups excluding carboxylic acids is 1. The Balaban J connectivity index is 4.08. The van der Waals surface area contributed by atoms with Gasteiger partial charge in [0, 0.05) is 0 Å². The minimum absolute atomic E-state index is 0.343. The van der Waals surface area contributed by atoms with Gasteiger partial charge in [0.2, 0.25) is 0 Å². The van der Waals surface area contributed by atoms with Crippen molar-refractivity contribution in [2.75, 3.05) is 0 Å². The number of hydrogen-bond donors (Lipinski definition) is 0. The van der Waals surface area contributed by atoms with Crippen molar-refractivity contribution in [3.8, 4) is 0 Å². The average Bonchev–Trinajstić information content (AvgIpc) is 2.01. The summed E-state index contributed by atoms with van der Waals surface area (Å²) in [6.07, 6.45) is 5.68. The van der Waals surface area contributed by atoms with Crippen molar-refractivity contribution < 1.29 is 9.53 Å². The lowest BCUT2D eigenvalue weighted by Crippen LogP contribution is -2.24. The van der Waals surface area contributed by atoms with E-state index in [1.807, 2.05) is 26.8 Å². The van der Waals surface area contributed by atoms with Gasteiger partial charge in [-0.25, -0.2) is 4.79 Å². The first kappa shape index (κ1) is 12.9. The lowest BCUT2D eigenvalue weighted by molar-refractivity contribution is -0.149. The lowest BCUT2D eigenvalue weighted by Gasteiger charge is -2.19. The number of rotatable bonds is 4. The largest absolute Gasteiger partial charge is 0.456 e. The quantitative estimate of drug-likeness (QED) is 0.392. The topological polar surface area (TPSA) is 26.3 Å². The molecule has 0 radical (unpaired) electrons. The van der Waals surface area contributed by atoms with E-state index in [-0.39, 0.29) is 5.97 Å². The molecule has 0 fully saturated rings. The summed E-state index contributed by atoms with van der Waals surface area (Å²) in [5.41, 5.74) is -0.0353. The van der Waals surface area contributed by atoms with E-state index in [9.17, 15) is 4.79 Å². The first-order valence-corrected chi connectivity index (χ1v) is 4.95. The third-order valence-electron chi connectivity index (χ3n) is 1.44. The van der Waals surface area contributed by atoms with Crippen LogP contribution in [0.1, 0.15) is 40.5 Å². The highest BCUT2D eigenvalue weighted by atomic mass is 16.6. The van der Waals surface area contributed by atoms with Gasteiger partial charge in [-0.05, 0) is 27.2 Å². The molecule has 0 N–H and O–H groups in total. The van der Waals surface area contributed by atoms with Crippen molar-refractivity contribution in [3.05, 3.63) is 24.3 Å². The molecule has 0 unspecified atom stereocenters. The maximum atomic E-state index is 11.4. The molecule has 14 heavy (non-hydrogen) atoms. The Hall–Kier alpha value is -1.05. The number of ether oxygens (including phenoxy) is 1. The van der Waals surface area contributed by atoms with Crippen molar-refractivity contribution in [2.24, 2.45) is 0 Å². The zero-order chi connectivity index (χ0) is 11.2. The smallest absolute Gasteiger partial charge is 0.338 e. The second-order valence-corrected chi connectivity index (χ2v) is 4.22. The molecule has 0 saturated heterocycles. The summed E-state index contributed by atoms with van der Waals surface area (Å²) in [5.74, 6) is -0.343. The molecule has 0 saturated carbocycles. The first-order valence-electron chi connectivity index (χ1n) is 4.95. The van der Waals surface area contributed by atoms with Crippen LogP contribution < -0.4 is 0 Å². The Kier molecular flexibility index (Phi) is 5.21. The molecular weight excluding hydrogens is 176 g/mol. The molecule has 0 atom stereocenters. The Morgan fingerprint density at radius 1 is 1.43 bits per heavy atom. The molecular formula is C12H20O2. The molecule has 0 spiro atoms. The fraction of sp³-hybridized carbons (Fsp3) is 0.583. The highest BCUT2D eigenvalue weighted by Crippen LogP contribution is 2.10. The Labute approximate surface area is 86.6 Å². The van der Waals surface area contributed by atoms with Crippen LogP contribution in [0.2, 0.25) is 0 Å². The van der Waals surface area contributed by atoms with Crippen molar-refractivity contribution >= 4 is 5.97 Å². The van der Waals surface area contributed by atoms with Gasteiger partial charge in [-0.3, -0.25) is 0 Å². The number of hydrogen-bond acceptors (Lipinski definition) is 2. The Bertz CT molecular complexity index is 231. The van der Waals surface area contributed by atoms with E-state index in [4.69, 9.17) is 4.74 Å². The zero-order valence-electron chi connectivity index (χ0n) is 9.59. The molecule has 0 amide bonds. The SMILES string of the molecule is C=C(C=CCCC)C(=O)OC(C)(C)C. The molecule has 0 bridgehead atoms. The maximum Gasteiger partial charge on any atom is 0.338 e. The summed E-state index contributed by atoms with van der Waals surface area (Å²) >= 11 is 0. The van der Waals surface area contributed by atoms with Gasteiger partial charge in [-0.15, -0.1) is 0 Å². The van der Waals surface area contributed by atoms with Crippen molar-refractivity contribution in [2.45, 2.75) is 46.1 Å². The molecule has 0 aromatic rings. The monoisotopic (exact) mass is 196 g/mol. The molecule has 2 nitrogen and oxygen atoms in total. The van der Waals surface area contributed by atoms with E-state index in [2.05, 4.69) is 13.5 Å². The molecule has 2 heteroatoms. The van der Waals surface area contributed by atoms with Gasteiger partial charge >= 0.3 is 5.97 Å². The summed E-state index contributed by atoms with van der Waals surface area (Å²) in [6.45, 7) is 11.3. The Morgan fingerprint density at radius 2 is 2.00 bits per heavy atom. The van der Waals surface area contributed by atoms with E-state index < -0.39 is 5.60 Å². The number of carbonyl (C=O) groups is 1. The summed E-state index contributed by atoms with van der Waals surface area (Å²) < 4.78 is 5.14. The summed E-state index contributed by atoms with van der Waals surface area (Å²) in [4.78, 5) is 11.4. The number of allylic oxidation sites excluding steroid dienone is 1. The number of unbranched alkanes of at least 4 members (excludes halogenated alkanes) is 1.